The van der Waals surface area contributed by atoms with Crippen LogP contribution in [0.15, 0.2) is 18.2 Å². The third-order valence-electron chi connectivity index (χ3n) is 5.35. The van der Waals surface area contributed by atoms with Gasteiger partial charge >= 0.3 is 0 Å². The molecule has 1 aromatic carbocycles. The van der Waals surface area contributed by atoms with Gasteiger partial charge in [-0.05, 0) is 25.6 Å². The SMILES string of the molecule is C[C@H]1[C@H]([Si](C)(C)O)[C@@H](CCO)O[C@]12C(=O)Nc1ccc([N+](=O)[O-])cc12. The smallest absolute Gasteiger partial charge is 0.269 e. The number of non-ortho nitro benzene ring substituents is 1. The first-order valence-electron chi connectivity index (χ1n) is 8.24. The Bertz CT molecular complexity index is 734. The lowest BCUT2D eigenvalue weighted by molar-refractivity contribution is -0.385. The van der Waals surface area contributed by atoms with Crippen molar-refractivity contribution in [2.75, 3.05) is 11.9 Å². The summed E-state index contributed by atoms with van der Waals surface area (Å²) in [6, 6.07) is 4.21. The summed E-state index contributed by atoms with van der Waals surface area (Å²) < 4.78 is 6.16. The molecule has 1 spiro atoms. The van der Waals surface area contributed by atoms with Crippen molar-refractivity contribution < 1.29 is 24.4 Å². The summed E-state index contributed by atoms with van der Waals surface area (Å²) in [4.78, 5) is 34.2. The van der Waals surface area contributed by atoms with Gasteiger partial charge < -0.3 is 20.0 Å². The van der Waals surface area contributed by atoms with Crippen LogP contribution in [0, 0.1) is 16.0 Å². The van der Waals surface area contributed by atoms with E-state index in [1.807, 2.05) is 6.92 Å². The molecule has 0 radical (unpaired) electrons. The number of amides is 1. The lowest BCUT2D eigenvalue weighted by Crippen LogP contribution is -2.43. The topological polar surface area (TPSA) is 122 Å². The molecule has 0 aromatic heterocycles. The summed E-state index contributed by atoms with van der Waals surface area (Å²) in [5.74, 6) is -0.752. The first-order chi connectivity index (χ1) is 11.6. The number of aliphatic hydroxyl groups excluding tert-OH is 1. The maximum Gasteiger partial charge on any atom is 0.269 e. The Balaban J connectivity index is 2.15. The fourth-order valence-electron chi connectivity index (χ4n) is 4.40. The molecule has 2 heterocycles. The Morgan fingerprint density at radius 1 is 1.44 bits per heavy atom. The van der Waals surface area contributed by atoms with Crippen LogP contribution >= 0.6 is 0 Å². The van der Waals surface area contributed by atoms with Crippen LogP contribution in [0.2, 0.25) is 18.6 Å². The Kier molecular flexibility index (Phi) is 4.23. The zero-order valence-electron chi connectivity index (χ0n) is 14.4. The second kappa shape index (κ2) is 5.87. The zero-order valence-corrected chi connectivity index (χ0v) is 15.4. The highest BCUT2D eigenvalue weighted by Gasteiger charge is 2.64. The average Bonchev–Trinajstić information content (AvgIpc) is 2.95. The van der Waals surface area contributed by atoms with E-state index in [1.54, 1.807) is 13.1 Å². The van der Waals surface area contributed by atoms with Crippen molar-refractivity contribution in [1.82, 2.24) is 0 Å². The molecule has 4 atom stereocenters. The Hall–Kier alpha value is -1.81. The van der Waals surface area contributed by atoms with Crippen LogP contribution in [0.4, 0.5) is 11.4 Å². The van der Waals surface area contributed by atoms with Crippen molar-refractivity contribution in [2.45, 2.75) is 43.7 Å². The number of hydrogen-bond donors (Lipinski definition) is 3. The van der Waals surface area contributed by atoms with E-state index in [2.05, 4.69) is 5.32 Å². The van der Waals surface area contributed by atoms with Crippen LogP contribution in [-0.4, -0.2) is 41.8 Å². The number of benzene rings is 1. The monoisotopic (exact) mass is 366 g/mol. The second-order valence-electron chi connectivity index (χ2n) is 7.31. The van der Waals surface area contributed by atoms with E-state index >= 15 is 0 Å². The van der Waals surface area contributed by atoms with Gasteiger partial charge in [-0.3, -0.25) is 14.9 Å². The van der Waals surface area contributed by atoms with Gasteiger partial charge in [0.1, 0.15) is 0 Å². The van der Waals surface area contributed by atoms with Gasteiger partial charge in [0.2, 0.25) is 0 Å². The van der Waals surface area contributed by atoms with Gasteiger partial charge in [0.25, 0.3) is 11.6 Å². The molecule has 0 bridgehead atoms. The molecule has 1 amide bonds. The Labute approximate surface area is 146 Å². The quantitative estimate of drug-likeness (QED) is 0.424. The van der Waals surface area contributed by atoms with Crippen LogP contribution in [0.5, 0.6) is 0 Å². The van der Waals surface area contributed by atoms with Gasteiger partial charge in [-0.15, -0.1) is 0 Å². The molecule has 25 heavy (non-hydrogen) atoms. The van der Waals surface area contributed by atoms with E-state index in [9.17, 15) is 24.8 Å². The standard InChI is InChI=1S/C16H22N2O6Si/c1-9-14(25(2,3)23)13(6-7-19)24-16(9)11-8-10(18(21)22)4-5-12(11)17-15(16)20/h4-5,8-9,13-14,19,23H,6-7H2,1-3H3,(H,17,20)/t9-,13+,14-,16+/m0/s1. The lowest BCUT2D eigenvalue weighted by Gasteiger charge is -2.31. The van der Waals surface area contributed by atoms with Crippen LogP contribution in [0.1, 0.15) is 18.9 Å². The number of rotatable bonds is 4. The zero-order chi connectivity index (χ0) is 18.6. The molecule has 9 heteroatoms. The number of nitro benzene ring substituents is 1. The summed E-state index contributed by atoms with van der Waals surface area (Å²) in [6.45, 7) is 5.27. The van der Waals surface area contributed by atoms with E-state index in [-0.39, 0.29) is 29.7 Å². The number of nitrogens with one attached hydrogen (secondary N) is 1. The van der Waals surface area contributed by atoms with E-state index in [1.165, 1.54) is 18.2 Å². The molecule has 1 saturated heterocycles. The lowest BCUT2D eigenvalue weighted by atomic mass is 9.82. The predicted octanol–water partition coefficient (Wildman–Crippen LogP) is 1.73. The van der Waals surface area contributed by atoms with Gasteiger partial charge in [-0.2, -0.15) is 0 Å². The van der Waals surface area contributed by atoms with Crippen molar-refractivity contribution >= 4 is 25.6 Å². The minimum atomic E-state index is -2.72. The molecule has 1 aromatic rings. The van der Waals surface area contributed by atoms with Gasteiger partial charge in [0, 0.05) is 41.4 Å². The van der Waals surface area contributed by atoms with Gasteiger partial charge in [0.05, 0.1) is 11.0 Å². The molecule has 2 aliphatic heterocycles. The predicted molar refractivity (Wildman–Crippen MR) is 92.6 cm³/mol. The van der Waals surface area contributed by atoms with Crippen molar-refractivity contribution in [3.05, 3.63) is 33.9 Å². The number of ether oxygens (including phenoxy) is 1. The van der Waals surface area contributed by atoms with Crippen LogP contribution < -0.4 is 5.32 Å². The average molecular weight is 366 g/mol. The molecule has 2 aliphatic rings. The molecular weight excluding hydrogens is 344 g/mol. The molecule has 0 aliphatic carbocycles. The minimum Gasteiger partial charge on any atom is -0.432 e. The second-order valence-corrected chi connectivity index (χ2v) is 11.3. The van der Waals surface area contributed by atoms with Crippen LogP contribution in [0.25, 0.3) is 0 Å². The maximum atomic E-state index is 12.8. The van der Waals surface area contributed by atoms with Gasteiger partial charge in [-0.25, -0.2) is 0 Å². The fourth-order valence-corrected chi connectivity index (χ4v) is 7.00. The highest BCUT2D eigenvalue weighted by Crippen LogP contribution is 2.58. The van der Waals surface area contributed by atoms with E-state index in [0.29, 0.717) is 17.7 Å². The van der Waals surface area contributed by atoms with Gasteiger partial charge in [0.15, 0.2) is 13.9 Å². The Morgan fingerprint density at radius 3 is 2.68 bits per heavy atom. The number of nitro groups is 1. The molecule has 3 rings (SSSR count). The number of carbonyl (C=O) groups excluding carboxylic acids is 1. The normalized spacial score (nSPS) is 31.2. The highest BCUT2D eigenvalue weighted by atomic mass is 28.4. The number of carbonyl (C=O) groups is 1. The number of aliphatic hydroxyl groups is 1. The number of hydrogen-bond acceptors (Lipinski definition) is 6. The van der Waals surface area contributed by atoms with E-state index in [4.69, 9.17) is 4.74 Å². The van der Waals surface area contributed by atoms with Crippen LogP contribution in [-0.2, 0) is 15.1 Å². The molecule has 1 fully saturated rings. The molecular formula is C16H22N2O6Si. The molecule has 0 saturated carbocycles. The third-order valence-corrected chi connectivity index (χ3v) is 7.85. The summed E-state index contributed by atoms with van der Waals surface area (Å²) in [5, 5.41) is 23.3. The van der Waals surface area contributed by atoms with E-state index in [0.717, 1.165) is 0 Å². The summed E-state index contributed by atoms with van der Waals surface area (Å²) >= 11 is 0. The first-order valence-corrected chi connectivity index (χ1v) is 11.3. The molecule has 8 nitrogen and oxygen atoms in total. The summed E-state index contributed by atoms with van der Waals surface area (Å²) in [6.07, 6.45) is -0.187. The molecule has 0 unspecified atom stereocenters. The molecule has 136 valence electrons. The van der Waals surface area contributed by atoms with Crippen molar-refractivity contribution in [3.8, 4) is 0 Å². The summed E-state index contributed by atoms with van der Waals surface area (Å²) in [5.41, 5.74) is -0.853. The van der Waals surface area contributed by atoms with Crippen molar-refractivity contribution in [3.63, 3.8) is 0 Å². The number of fused-ring (bicyclic) bond motifs is 2. The number of anilines is 1. The minimum absolute atomic E-state index is 0.118. The fraction of sp³-hybridized carbons (Fsp3) is 0.562. The van der Waals surface area contributed by atoms with Gasteiger partial charge in [-0.1, -0.05) is 6.92 Å². The van der Waals surface area contributed by atoms with Crippen molar-refractivity contribution in [2.24, 2.45) is 5.92 Å². The Morgan fingerprint density at radius 2 is 2.12 bits per heavy atom. The molecule has 3 N–H and O–H groups in total. The summed E-state index contributed by atoms with van der Waals surface area (Å²) in [7, 11) is -2.72. The maximum absolute atomic E-state index is 12.8. The first kappa shape index (κ1) is 18.0. The van der Waals surface area contributed by atoms with E-state index < -0.39 is 24.9 Å². The third kappa shape index (κ3) is 2.58. The highest BCUT2D eigenvalue weighted by molar-refractivity contribution is 6.71. The van der Waals surface area contributed by atoms with Crippen LogP contribution in [0.3, 0.4) is 0 Å². The number of nitrogens with zero attached hydrogens (tertiary/aromatic N) is 1. The largest absolute Gasteiger partial charge is 0.432 e. The van der Waals surface area contributed by atoms with Crippen molar-refractivity contribution in [1.29, 1.82) is 0 Å².